The largest absolute Gasteiger partial charge is 0.438 e. The van der Waals surface area contributed by atoms with Gasteiger partial charge in [0.2, 0.25) is 11.8 Å². The van der Waals surface area contributed by atoms with Gasteiger partial charge in [0.15, 0.2) is 0 Å². The van der Waals surface area contributed by atoms with Crippen LogP contribution < -0.4 is 15.8 Å². The predicted octanol–water partition coefficient (Wildman–Crippen LogP) is 5.94. The number of hydrogen-bond acceptors (Lipinski definition) is 4. The Kier molecular flexibility index (Phi) is 6.54. The Hall–Kier alpha value is -3.70. The average Bonchev–Trinajstić information content (AvgIpc) is 2.89. The topological polar surface area (TPSA) is 77.2 Å². The highest BCUT2D eigenvalue weighted by Crippen LogP contribution is 2.34. The number of nitrogens with one attached hydrogen (secondary N) is 1. The van der Waals surface area contributed by atoms with E-state index in [4.69, 9.17) is 10.5 Å². The average molecular weight is 452 g/mol. The summed E-state index contributed by atoms with van der Waals surface area (Å²) in [7, 11) is 0. The van der Waals surface area contributed by atoms with Crippen molar-refractivity contribution in [3.05, 3.63) is 102 Å². The lowest BCUT2D eigenvalue weighted by Crippen LogP contribution is -2.32. The molecule has 0 spiro atoms. The summed E-state index contributed by atoms with van der Waals surface area (Å²) < 4.78 is 6.05. The van der Waals surface area contributed by atoms with Crippen molar-refractivity contribution in [3.63, 3.8) is 0 Å². The Morgan fingerprint density at radius 3 is 2.32 bits per heavy atom. The van der Waals surface area contributed by atoms with E-state index in [0.29, 0.717) is 23.4 Å². The van der Waals surface area contributed by atoms with Gasteiger partial charge in [-0.2, -0.15) is 0 Å². The Morgan fingerprint density at radius 1 is 0.882 bits per heavy atom. The maximum atomic E-state index is 11.3. The second kappa shape index (κ2) is 10.1. The number of amides is 1. The van der Waals surface area contributed by atoms with E-state index < -0.39 is 5.91 Å². The fourth-order valence-electron chi connectivity index (χ4n) is 4.89. The Balaban J connectivity index is 1.25. The molecule has 0 saturated heterocycles. The van der Waals surface area contributed by atoms with Gasteiger partial charge in [0.1, 0.15) is 5.75 Å². The van der Waals surface area contributed by atoms with Crippen LogP contribution in [0.1, 0.15) is 53.1 Å². The lowest BCUT2D eigenvalue weighted by atomic mass is 9.82. The quantitative estimate of drug-likeness (QED) is 0.364. The van der Waals surface area contributed by atoms with Gasteiger partial charge in [0.05, 0.1) is 5.56 Å². The first-order chi connectivity index (χ1) is 16.7. The number of ether oxygens (including phenoxy) is 1. The molecule has 0 unspecified atom stereocenters. The molecule has 1 aromatic heterocycles. The Morgan fingerprint density at radius 2 is 1.62 bits per heavy atom. The molecule has 5 rings (SSSR count). The van der Waals surface area contributed by atoms with Crippen LogP contribution in [0.4, 0.5) is 0 Å². The summed E-state index contributed by atoms with van der Waals surface area (Å²) in [6.45, 7) is 0.826. The Bertz CT molecular complexity index is 1260. The zero-order chi connectivity index (χ0) is 23.3. The lowest BCUT2D eigenvalue weighted by Gasteiger charge is -2.29. The number of nitrogens with two attached hydrogens (primary N) is 1. The monoisotopic (exact) mass is 451 g/mol. The highest BCUT2D eigenvalue weighted by atomic mass is 16.5. The van der Waals surface area contributed by atoms with Crippen molar-refractivity contribution >= 4 is 16.7 Å². The van der Waals surface area contributed by atoms with Crippen molar-refractivity contribution < 1.29 is 9.53 Å². The molecule has 0 bridgehead atoms. The van der Waals surface area contributed by atoms with Gasteiger partial charge in [-0.05, 0) is 60.2 Å². The molecule has 1 heterocycles. The van der Waals surface area contributed by atoms with Gasteiger partial charge in [0, 0.05) is 30.2 Å². The van der Waals surface area contributed by atoms with Gasteiger partial charge < -0.3 is 15.8 Å². The summed E-state index contributed by atoms with van der Waals surface area (Å²) in [4.78, 5) is 15.5. The second-order valence-corrected chi connectivity index (χ2v) is 8.96. The van der Waals surface area contributed by atoms with Gasteiger partial charge in [-0.1, -0.05) is 60.7 Å². The minimum absolute atomic E-state index is 0.358. The van der Waals surface area contributed by atoms with Crippen molar-refractivity contribution in [1.82, 2.24) is 10.3 Å². The number of pyridine rings is 1. The number of carbonyl (C=O) groups is 1. The third-order valence-corrected chi connectivity index (χ3v) is 6.79. The molecule has 1 amide bonds. The van der Waals surface area contributed by atoms with Gasteiger partial charge in [-0.15, -0.1) is 0 Å². The van der Waals surface area contributed by atoms with Crippen LogP contribution in [0.25, 0.3) is 10.8 Å². The van der Waals surface area contributed by atoms with Crippen LogP contribution in [0.5, 0.6) is 11.6 Å². The van der Waals surface area contributed by atoms with Crippen LogP contribution in [0.15, 0.2) is 85.1 Å². The fourth-order valence-corrected chi connectivity index (χ4v) is 4.89. The van der Waals surface area contributed by atoms with Crippen molar-refractivity contribution in [3.8, 4) is 11.6 Å². The van der Waals surface area contributed by atoms with E-state index in [-0.39, 0.29) is 0 Å². The molecule has 5 heteroatoms. The van der Waals surface area contributed by atoms with Crippen molar-refractivity contribution in [1.29, 1.82) is 0 Å². The fraction of sp³-hybridized carbons (Fsp3) is 0.241. The van der Waals surface area contributed by atoms with E-state index >= 15 is 0 Å². The number of benzene rings is 3. The zero-order valence-electron chi connectivity index (χ0n) is 19.1. The molecule has 0 radical (unpaired) electrons. The predicted molar refractivity (Wildman–Crippen MR) is 135 cm³/mol. The molecule has 172 valence electrons. The summed E-state index contributed by atoms with van der Waals surface area (Å²) in [5, 5.41) is 5.99. The second-order valence-electron chi connectivity index (χ2n) is 8.96. The van der Waals surface area contributed by atoms with E-state index in [1.807, 2.05) is 12.1 Å². The van der Waals surface area contributed by atoms with Crippen molar-refractivity contribution in [2.24, 2.45) is 5.73 Å². The number of carbonyl (C=O) groups excluding carboxylic acids is 1. The van der Waals surface area contributed by atoms with Crippen LogP contribution >= 0.6 is 0 Å². The molecule has 1 fully saturated rings. The van der Waals surface area contributed by atoms with Crippen molar-refractivity contribution in [2.75, 3.05) is 0 Å². The van der Waals surface area contributed by atoms with E-state index in [0.717, 1.165) is 17.7 Å². The van der Waals surface area contributed by atoms with Crippen LogP contribution in [0.3, 0.4) is 0 Å². The molecule has 3 aromatic carbocycles. The van der Waals surface area contributed by atoms with Crippen LogP contribution in [0, 0.1) is 0 Å². The molecule has 3 N–H and O–H groups in total. The minimum atomic E-state index is -0.505. The van der Waals surface area contributed by atoms with Gasteiger partial charge in [-0.3, -0.25) is 4.79 Å². The highest BCUT2D eigenvalue weighted by molar-refractivity contribution is 5.92. The first kappa shape index (κ1) is 22.1. The number of hydrogen-bond donors (Lipinski definition) is 2. The van der Waals surface area contributed by atoms with Crippen LogP contribution in [0.2, 0.25) is 0 Å². The van der Waals surface area contributed by atoms with Crippen LogP contribution in [-0.4, -0.2) is 16.9 Å². The minimum Gasteiger partial charge on any atom is -0.438 e. The summed E-state index contributed by atoms with van der Waals surface area (Å²) >= 11 is 0. The Labute approximate surface area is 200 Å². The van der Waals surface area contributed by atoms with Gasteiger partial charge >= 0.3 is 0 Å². The molecule has 1 aliphatic carbocycles. The zero-order valence-corrected chi connectivity index (χ0v) is 19.1. The summed E-state index contributed by atoms with van der Waals surface area (Å²) in [6.07, 6.45) is 6.30. The van der Waals surface area contributed by atoms with Crippen LogP contribution in [-0.2, 0) is 6.54 Å². The summed E-state index contributed by atoms with van der Waals surface area (Å²) in [6, 6.07) is 27.1. The molecule has 0 aliphatic heterocycles. The van der Waals surface area contributed by atoms with Gasteiger partial charge in [-0.25, -0.2) is 4.98 Å². The highest BCUT2D eigenvalue weighted by Gasteiger charge is 2.22. The number of rotatable bonds is 7. The third kappa shape index (κ3) is 4.95. The first-order valence-corrected chi connectivity index (χ1v) is 11.9. The molecular weight excluding hydrogens is 422 g/mol. The molecule has 0 atom stereocenters. The molecule has 34 heavy (non-hydrogen) atoms. The van der Waals surface area contributed by atoms with E-state index in [2.05, 4.69) is 64.9 Å². The smallest absolute Gasteiger partial charge is 0.250 e. The SMILES string of the molecule is NC(=O)c1ccc(Oc2ccc(CN[C@H]3CC[C@H](c4ccccc4)CC3)c3ccccc23)nc1. The van der Waals surface area contributed by atoms with E-state index in [1.54, 1.807) is 12.1 Å². The lowest BCUT2D eigenvalue weighted by molar-refractivity contribution is 0.1000. The van der Waals surface area contributed by atoms with Crippen molar-refractivity contribution in [2.45, 2.75) is 44.2 Å². The number of aromatic nitrogens is 1. The standard InChI is InChI=1S/C29H29N3O2/c30-29(33)23-13-17-28(32-19-23)34-27-16-12-22(25-8-4-5-9-26(25)27)18-31-24-14-10-21(11-15-24)20-6-2-1-3-7-20/h1-9,12-13,16-17,19,21,24,31H,10-11,14-15,18H2,(H2,30,33)/t21-,24-. The number of nitrogens with zero attached hydrogens (tertiary/aromatic N) is 1. The summed E-state index contributed by atoms with van der Waals surface area (Å²) in [5.41, 5.74) is 8.38. The van der Waals surface area contributed by atoms with Gasteiger partial charge in [0.25, 0.3) is 0 Å². The normalized spacial score (nSPS) is 18.0. The van der Waals surface area contributed by atoms with E-state index in [9.17, 15) is 4.79 Å². The number of primary amides is 1. The molecule has 4 aromatic rings. The maximum Gasteiger partial charge on any atom is 0.250 e. The van der Waals surface area contributed by atoms with E-state index in [1.165, 1.54) is 48.4 Å². The number of fused-ring (bicyclic) bond motifs is 1. The first-order valence-electron chi connectivity index (χ1n) is 11.9. The molecule has 5 nitrogen and oxygen atoms in total. The molecule has 1 aliphatic rings. The molecule has 1 saturated carbocycles. The molecular formula is C29H29N3O2. The summed E-state index contributed by atoms with van der Waals surface area (Å²) in [5.74, 6) is 1.34. The maximum absolute atomic E-state index is 11.3. The third-order valence-electron chi connectivity index (χ3n) is 6.79.